The second kappa shape index (κ2) is 22.8. The number of unbranched alkanes of at least 4 members (excludes halogenated alkanes) is 7. The van der Waals surface area contributed by atoms with Gasteiger partial charge in [0.05, 0.1) is 12.1 Å². The van der Waals surface area contributed by atoms with Crippen molar-refractivity contribution in [2.24, 2.45) is 0 Å². The van der Waals surface area contributed by atoms with Crippen molar-refractivity contribution in [2.45, 2.75) is 58.3 Å². The molecule has 5 heteroatoms. The molecule has 0 radical (unpaired) electrons. The van der Waals surface area contributed by atoms with Crippen molar-refractivity contribution in [3.05, 3.63) is 106 Å². The maximum Gasteiger partial charge on any atom is 0.338 e. The van der Waals surface area contributed by atoms with E-state index < -0.39 is 5.97 Å². The third-order valence-electron chi connectivity index (χ3n) is 5.07. The van der Waals surface area contributed by atoms with Gasteiger partial charge in [0.2, 0.25) is 5.91 Å². The molecule has 0 heterocycles. The van der Waals surface area contributed by atoms with Crippen LogP contribution in [-0.2, 0) is 9.53 Å². The lowest BCUT2D eigenvalue weighted by atomic mass is 10.1. The van der Waals surface area contributed by atoms with Gasteiger partial charge in [-0.25, -0.2) is 4.79 Å². The first-order valence-corrected chi connectivity index (χ1v) is 13.9. The average Bonchev–Trinajstić information content (AvgIpc) is 2.88. The Hall–Kier alpha value is -2.67. The number of benzene rings is 1. The fourth-order valence-electron chi connectivity index (χ4n) is 3.10. The maximum absolute atomic E-state index is 11.9. The summed E-state index contributed by atoms with van der Waals surface area (Å²) in [5.74, 6) is -0.635. The molecule has 0 unspecified atom stereocenters. The van der Waals surface area contributed by atoms with Crippen LogP contribution in [0.5, 0.6) is 0 Å². The van der Waals surface area contributed by atoms with Crippen LogP contribution in [0.15, 0.2) is 97.2 Å². The van der Waals surface area contributed by atoms with Crippen LogP contribution in [0.2, 0.25) is 0 Å². The summed E-state index contributed by atoms with van der Waals surface area (Å²) in [7, 11) is 0. The molecule has 36 heavy (non-hydrogen) atoms. The van der Waals surface area contributed by atoms with Gasteiger partial charge in [-0.3, -0.25) is 4.79 Å². The molecular formula is C31H40INO3. The molecule has 0 atom stereocenters. The average molecular weight is 602 g/mol. The Morgan fingerprint density at radius 3 is 1.97 bits per heavy atom. The molecule has 194 valence electrons. The number of nitrogens with one attached hydrogen (secondary N) is 1. The molecule has 0 saturated heterocycles. The first kappa shape index (κ1) is 31.4. The van der Waals surface area contributed by atoms with Gasteiger partial charge in [0, 0.05) is 9.65 Å². The van der Waals surface area contributed by atoms with Gasteiger partial charge in [-0.15, -0.1) is 0 Å². The minimum atomic E-state index is -0.397. The highest BCUT2D eigenvalue weighted by Gasteiger charge is 2.06. The number of ether oxygens (including phenoxy) is 1. The summed E-state index contributed by atoms with van der Waals surface area (Å²) in [6, 6.07) is 7.12. The van der Waals surface area contributed by atoms with Gasteiger partial charge in [0.15, 0.2) is 0 Å². The van der Waals surface area contributed by atoms with E-state index in [2.05, 4.69) is 47.0 Å². The first-order valence-electron chi connectivity index (χ1n) is 12.8. The summed E-state index contributed by atoms with van der Waals surface area (Å²) in [6.07, 6.45) is 33.5. The van der Waals surface area contributed by atoms with Gasteiger partial charge in [-0.2, -0.15) is 0 Å². The Kier molecular flexibility index (Phi) is 19.8. The quantitative estimate of drug-likeness (QED) is 0.0609. The van der Waals surface area contributed by atoms with Crippen molar-refractivity contribution in [3.8, 4) is 0 Å². The lowest BCUT2D eigenvalue weighted by molar-refractivity contribution is -0.116. The number of esters is 1. The molecule has 0 fully saturated rings. The van der Waals surface area contributed by atoms with Gasteiger partial charge >= 0.3 is 5.97 Å². The maximum atomic E-state index is 11.9. The molecule has 1 amide bonds. The Morgan fingerprint density at radius 2 is 1.33 bits per heavy atom. The van der Waals surface area contributed by atoms with Gasteiger partial charge < -0.3 is 10.1 Å². The number of hydrogen-bond acceptors (Lipinski definition) is 3. The van der Waals surface area contributed by atoms with E-state index in [1.54, 1.807) is 24.3 Å². The predicted molar refractivity (Wildman–Crippen MR) is 160 cm³/mol. The van der Waals surface area contributed by atoms with Gasteiger partial charge in [-0.05, 0) is 59.7 Å². The minimum Gasteiger partial charge on any atom is -0.460 e. The molecule has 1 aromatic carbocycles. The highest BCUT2D eigenvalue weighted by Crippen LogP contribution is 2.09. The van der Waals surface area contributed by atoms with Crippen LogP contribution >= 0.6 is 22.6 Å². The summed E-state index contributed by atoms with van der Waals surface area (Å²) < 4.78 is 6.19. The van der Waals surface area contributed by atoms with Crippen molar-refractivity contribution >= 4 is 34.5 Å². The van der Waals surface area contributed by atoms with Crippen LogP contribution in [0, 0.1) is 3.57 Å². The summed E-state index contributed by atoms with van der Waals surface area (Å²) in [5.41, 5.74) is 0.497. The third-order valence-corrected chi connectivity index (χ3v) is 5.79. The predicted octanol–water partition coefficient (Wildman–Crippen LogP) is 8.04. The van der Waals surface area contributed by atoms with Crippen molar-refractivity contribution in [1.82, 2.24) is 5.32 Å². The fraction of sp³-hybridized carbons (Fsp3) is 0.355. The highest BCUT2D eigenvalue weighted by atomic mass is 127. The van der Waals surface area contributed by atoms with E-state index in [1.165, 1.54) is 51.0 Å². The van der Waals surface area contributed by atoms with E-state index in [-0.39, 0.29) is 19.1 Å². The van der Waals surface area contributed by atoms with E-state index in [1.807, 2.05) is 54.7 Å². The molecule has 0 aliphatic heterocycles. The van der Waals surface area contributed by atoms with E-state index in [0.29, 0.717) is 5.56 Å². The van der Waals surface area contributed by atoms with Crippen LogP contribution in [0.1, 0.15) is 68.6 Å². The summed E-state index contributed by atoms with van der Waals surface area (Å²) in [4.78, 5) is 23.6. The molecule has 0 aromatic heterocycles. The number of carbonyl (C=O) groups is 2. The zero-order chi connectivity index (χ0) is 26.1. The minimum absolute atomic E-state index is 0.124. The molecule has 1 aromatic rings. The molecule has 1 rings (SSSR count). The number of rotatable bonds is 18. The van der Waals surface area contributed by atoms with Gasteiger partial charge in [-0.1, -0.05) is 112 Å². The van der Waals surface area contributed by atoms with E-state index in [4.69, 9.17) is 4.74 Å². The van der Waals surface area contributed by atoms with Crippen molar-refractivity contribution in [2.75, 3.05) is 13.2 Å². The number of allylic oxidation sites excluding steroid dienone is 11. The lowest BCUT2D eigenvalue weighted by Gasteiger charge is -2.05. The first-order chi connectivity index (χ1) is 17.6. The SMILES string of the molecule is CCCCCCCCCC=CC=CC=CC=CC=CC=CC(=O)NCCOC(=O)c1ccc(I)cc1. The van der Waals surface area contributed by atoms with Crippen LogP contribution in [0.3, 0.4) is 0 Å². The number of hydrogen-bond donors (Lipinski definition) is 1. The second-order valence-electron chi connectivity index (χ2n) is 8.17. The molecule has 0 aliphatic rings. The Bertz CT molecular complexity index is 908. The highest BCUT2D eigenvalue weighted by molar-refractivity contribution is 14.1. The summed E-state index contributed by atoms with van der Waals surface area (Å²) >= 11 is 2.17. The van der Waals surface area contributed by atoms with Crippen LogP contribution in [0.25, 0.3) is 0 Å². The molecule has 0 spiro atoms. The van der Waals surface area contributed by atoms with E-state index in [9.17, 15) is 9.59 Å². The van der Waals surface area contributed by atoms with E-state index in [0.717, 1.165) is 9.99 Å². The van der Waals surface area contributed by atoms with Crippen molar-refractivity contribution in [3.63, 3.8) is 0 Å². The van der Waals surface area contributed by atoms with E-state index >= 15 is 0 Å². The van der Waals surface area contributed by atoms with Crippen LogP contribution in [-0.4, -0.2) is 25.0 Å². The summed E-state index contributed by atoms with van der Waals surface area (Å²) in [6.45, 7) is 2.64. The molecule has 0 bridgehead atoms. The number of amides is 1. The van der Waals surface area contributed by atoms with Crippen molar-refractivity contribution < 1.29 is 14.3 Å². The topological polar surface area (TPSA) is 55.4 Å². The molecule has 0 saturated carbocycles. The molecule has 0 aliphatic carbocycles. The second-order valence-corrected chi connectivity index (χ2v) is 9.42. The smallest absolute Gasteiger partial charge is 0.338 e. The largest absolute Gasteiger partial charge is 0.460 e. The van der Waals surface area contributed by atoms with Crippen LogP contribution < -0.4 is 5.32 Å². The van der Waals surface area contributed by atoms with Gasteiger partial charge in [0.1, 0.15) is 6.61 Å². The number of carbonyl (C=O) groups excluding carboxylic acids is 2. The lowest BCUT2D eigenvalue weighted by Crippen LogP contribution is -2.26. The molecular weight excluding hydrogens is 561 g/mol. The zero-order valence-corrected chi connectivity index (χ0v) is 23.6. The number of halogens is 1. The summed E-state index contributed by atoms with van der Waals surface area (Å²) in [5, 5.41) is 2.68. The Labute approximate surface area is 231 Å². The fourth-order valence-corrected chi connectivity index (χ4v) is 3.46. The normalized spacial score (nSPS) is 12.3. The van der Waals surface area contributed by atoms with Crippen molar-refractivity contribution in [1.29, 1.82) is 0 Å². The standard InChI is InChI=1S/C31H40INO3/c1-2-3-4-5-6-7-8-9-10-11-12-13-14-15-16-17-18-19-20-21-30(34)33-26-27-36-31(35)28-22-24-29(32)25-23-28/h10-25H,2-9,26-27H2,1H3,(H,33,34). The van der Waals surface area contributed by atoms with Crippen LogP contribution in [0.4, 0.5) is 0 Å². The Balaban J connectivity index is 2.06. The monoisotopic (exact) mass is 601 g/mol. The third kappa shape index (κ3) is 18.6. The molecule has 4 nitrogen and oxygen atoms in total. The van der Waals surface area contributed by atoms with Gasteiger partial charge in [0.25, 0.3) is 0 Å². The Morgan fingerprint density at radius 1 is 0.778 bits per heavy atom. The molecule has 1 N–H and O–H groups in total. The zero-order valence-electron chi connectivity index (χ0n) is 21.4.